The second kappa shape index (κ2) is 9.13. The maximum atomic E-state index is 12.7. The Morgan fingerprint density at radius 3 is 2.74 bits per heavy atom. The van der Waals surface area contributed by atoms with Gasteiger partial charge >= 0.3 is 12.5 Å². The van der Waals surface area contributed by atoms with Gasteiger partial charge in [-0.3, -0.25) is 4.90 Å². The first-order valence-corrected chi connectivity index (χ1v) is 10.0. The van der Waals surface area contributed by atoms with Crippen molar-refractivity contribution in [1.82, 2.24) is 20.1 Å². The average Bonchev–Trinajstić information content (AvgIpc) is 3.40. The topological polar surface area (TPSA) is 136 Å². The number of hydrogen-bond donors (Lipinski definition) is 2. The van der Waals surface area contributed by atoms with Crippen LogP contribution in [0.15, 0.2) is 41.1 Å². The van der Waals surface area contributed by atoms with Gasteiger partial charge in [0.2, 0.25) is 17.7 Å². The van der Waals surface area contributed by atoms with E-state index in [0.717, 1.165) is 6.07 Å². The van der Waals surface area contributed by atoms with E-state index < -0.39 is 36.4 Å². The molecule has 1 aliphatic heterocycles. The quantitative estimate of drug-likeness (QED) is 0.518. The molecule has 0 radical (unpaired) electrons. The van der Waals surface area contributed by atoms with Crippen LogP contribution in [0.4, 0.5) is 29.7 Å². The van der Waals surface area contributed by atoms with Gasteiger partial charge in [0.1, 0.15) is 30.3 Å². The van der Waals surface area contributed by atoms with Crippen LogP contribution in [0.1, 0.15) is 25.8 Å². The first-order valence-electron chi connectivity index (χ1n) is 10.0. The molecule has 2 aromatic heterocycles. The number of alkyl halides is 3. The molecule has 1 fully saturated rings. The summed E-state index contributed by atoms with van der Waals surface area (Å²) >= 11 is 0. The number of nitrogens with zero attached hydrogens (tertiary/aromatic N) is 5. The molecular formula is C20H19F3N6O5. The summed E-state index contributed by atoms with van der Waals surface area (Å²) in [6.45, 7) is 3.20. The van der Waals surface area contributed by atoms with E-state index in [1.807, 2.05) is 0 Å². The number of benzene rings is 1. The van der Waals surface area contributed by atoms with Crippen LogP contribution >= 0.6 is 0 Å². The van der Waals surface area contributed by atoms with Gasteiger partial charge in [0.15, 0.2) is 0 Å². The van der Waals surface area contributed by atoms with Crippen LogP contribution in [-0.2, 0) is 4.74 Å². The Hall–Kier alpha value is -3.94. The van der Waals surface area contributed by atoms with Gasteiger partial charge in [0.05, 0.1) is 11.7 Å². The Morgan fingerprint density at radius 1 is 1.24 bits per heavy atom. The number of anilines is 2. The van der Waals surface area contributed by atoms with Gasteiger partial charge in [-0.2, -0.15) is 9.97 Å². The Morgan fingerprint density at radius 2 is 2.00 bits per heavy atom. The Labute approximate surface area is 190 Å². The van der Waals surface area contributed by atoms with Gasteiger partial charge in [-0.05, 0) is 32.0 Å². The van der Waals surface area contributed by atoms with Crippen LogP contribution < -0.4 is 15.0 Å². The van der Waals surface area contributed by atoms with Crippen LogP contribution in [0.3, 0.4) is 0 Å². The van der Waals surface area contributed by atoms with Gasteiger partial charge in [0.25, 0.3) is 0 Å². The second-order valence-corrected chi connectivity index (χ2v) is 7.36. The fourth-order valence-corrected chi connectivity index (χ4v) is 3.25. The summed E-state index contributed by atoms with van der Waals surface area (Å²) in [4.78, 5) is 25.8. The summed E-state index contributed by atoms with van der Waals surface area (Å²) in [5.41, 5.74) is -0.00279. The van der Waals surface area contributed by atoms with E-state index in [9.17, 15) is 23.1 Å². The highest BCUT2D eigenvalue weighted by Crippen LogP contribution is 2.33. The number of aliphatic hydroxyl groups excluding tert-OH is 1. The highest BCUT2D eigenvalue weighted by Gasteiger charge is 2.38. The molecule has 4 rings (SSSR count). The van der Waals surface area contributed by atoms with Crippen molar-refractivity contribution in [3.8, 4) is 17.1 Å². The lowest BCUT2D eigenvalue weighted by atomic mass is 10.2. The van der Waals surface area contributed by atoms with Crippen molar-refractivity contribution in [3.63, 3.8) is 0 Å². The van der Waals surface area contributed by atoms with Crippen molar-refractivity contribution < 1.29 is 37.1 Å². The molecule has 0 aliphatic carbocycles. The predicted octanol–water partition coefficient (Wildman–Crippen LogP) is 3.30. The molecule has 3 aromatic rings. The second-order valence-electron chi connectivity index (χ2n) is 7.36. The summed E-state index contributed by atoms with van der Waals surface area (Å²) in [5, 5.41) is 16.6. The van der Waals surface area contributed by atoms with E-state index in [1.54, 1.807) is 6.92 Å². The fourth-order valence-electron chi connectivity index (χ4n) is 3.25. The van der Waals surface area contributed by atoms with Gasteiger partial charge in [-0.15, -0.1) is 13.2 Å². The lowest BCUT2D eigenvalue weighted by Gasteiger charge is -2.22. The molecular weight excluding hydrogens is 461 g/mol. The van der Waals surface area contributed by atoms with Crippen molar-refractivity contribution in [1.29, 1.82) is 0 Å². The fraction of sp³-hybridized carbons (Fsp3) is 0.350. The zero-order valence-electron chi connectivity index (χ0n) is 17.9. The van der Waals surface area contributed by atoms with Gasteiger partial charge in [-0.1, -0.05) is 17.3 Å². The highest BCUT2D eigenvalue weighted by atomic mass is 19.4. The maximum absolute atomic E-state index is 12.7. The molecule has 1 aromatic carbocycles. The Kier molecular flexibility index (Phi) is 6.24. The molecule has 34 heavy (non-hydrogen) atoms. The number of ether oxygens (including phenoxy) is 2. The SMILES string of the molecule is C[C@@H](Nc1nccc(N2C(=O)OC[C@@H]2[C@@H](C)O)n1)c1nc(-c2ccccc2OC(F)(F)F)no1. The van der Waals surface area contributed by atoms with Crippen LogP contribution in [0.25, 0.3) is 11.4 Å². The summed E-state index contributed by atoms with van der Waals surface area (Å²) in [6.07, 6.45) is -4.97. The van der Waals surface area contributed by atoms with E-state index in [4.69, 9.17) is 9.26 Å². The largest absolute Gasteiger partial charge is 0.573 e. The van der Waals surface area contributed by atoms with Crippen LogP contribution in [0.5, 0.6) is 5.75 Å². The Balaban J connectivity index is 1.52. The van der Waals surface area contributed by atoms with Gasteiger partial charge in [-0.25, -0.2) is 9.78 Å². The number of rotatable bonds is 7. The number of aliphatic hydroxyl groups is 1. The first-order chi connectivity index (χ1) is 16.1. The molecule has 1 amide bonds. The minimum Gasteiger partial charge on any atom is -0.447 e. The van der Waals surface area contributed by atoms with Crippen LogP contribution in [0, 0.1) is 0 Å². The first kappa shape index (κ1) is 23.2. The third-order valence-corrected chi connectivity index (χ3v) is 4.86. The van der Waals surface area contributed by atoms with Gasteiger partial charge in [0, 0.05) is 6.20 Å². The number of cyclic esters (lactones) is 1. The maximum Gasteiger partial charge on any atom is 0.573 e. The monoisotopic (exact) mass is 480 g/mol. The van der Waals surface area contributed by atoms with E-state index in [0.29, 0.717) is 0 Å². The number of amides is 1. The number of hydrogen-bond acceptors (Lipinski definition) is 10. The highest BCUT2D eigenvalue weighted by molar-refractivity contribution is 5.89. The zero-order valence-corrected chi connectivity index (χ0v) is 17.9. The standard InChI is InChI=1S/C20H19F3N6O5/c1-10(17-27-16(28-34-17)12-5-3-4-6-14(12)33-20(21,22)23)25-18-24-8-7-15(26-18)29-13(11(2)30)9-32-19(29)31/h3-8,10-11,13,30H,9H2,1-2H3,(H,24,25,26)/t10-,11-,13-/m1/s1. The molecule has 0 saturated carbocycles. The lowest BCUT2D eigenvalue weighted by molar-refractivity contribution is -0.274. The average molecular weight is 480 g/mol. The zero-order chi connectivity index (χ0) is 24.5. The minimum atomic E-state index is -4.88. The van der Waals surface area contributed by atoms with Crippen molar-refractivity contribution in [2.45, 2.75) is 38.4 Å². The molecule has 2 N–H and O–H groups in total. The third-order valence-electron chi connectivity index (χ3n) is 4.86. The van der Waals surface area contributed by atoms with E-state index in [1.165, 1.54) is 42.3 Å². The normalized spacial score (nSPS) is 17.9. The molecule has 0 spiro atoms. The minimum absolute atomic E-state index is 0.00279. The number of aromatic nitrogens is 4. The molecule has 0 bridgehead atoms. The van der Waals surface area contributed by atoms with E-state index in [2.05, 4.69) is 30.2 Å². The molecule has 180 valence electrons. The number of halogens is 3. The van der Waals surface area contributed by atoms with E-state index in [-0.39, 0.29) is 35.7 Å². The van der Waals surface area contributed by atoms with Crippen molar-refractivity contribution in [2.24, 2.45) is 0 Å². The van der Waals surface area contributed by atoms with Crippen molar-refractivity contribution >= 4 is 17.9 Å². The predicted molar refractivity (Wildman–Crippen MR) is 110 cm³/mol. The molecule has 14 heteroatoms. The number of carbonyl (C=O) groups excluding carboxylic acids is 1. The molecule has 3 atom stereocenters. The smallest absolute Gasteiger partial charge is 0.447 e. The third kappa shape index (κ3) is 5.01. The number of nitrogens with one attached hydrogen (secondary N) is 1. The van der Waals surface area contributed by atoms with Crippen LogP contribution in [0.2, 0.25) is 0 Å². The Bertz CT molecular complexity index is 1170. The molecule has 1 aliphatic rings. The van der Waals surface area contributed by atoms with Crippen LogP contribution in [-0.4, -0.2) is 56.4 Å². The molecule has 0 unspecified atom stereocenters. The summed E-state index contributed by atoms with van der Waals surface area (Å²) in [5.74, 6) is -0.202. The lowest BCUT2D eigenvalue weighted by Crippen LogP contribution is -2.41. The molecule has 1 saturated heterocycles. The van der Waals surface area contributed by atoms with Crippen molar-refractivity contribution in [2.75, 3.05) is 16.8 Å². The van der Waals surface area contributed by atoms with Gasteiger partial charge < -0.3 is 24.4 Å². The summed E-state index contributed by atoms with van der Waals surface area (Å²) in [7, 11) is 0. The number of para-hydroxylation sites is 1. The number of carbonyl (C=O) groups is 1. The molecule has 11 nitrogen and oxygen atoms in total. The summed E-state index contributed by atoms with van der Waals surface area (Å²) < 4.78 is 52.3. The molecule has 3 heterocycles. The van der Waals surface area contributed by atoms with Crippen molar-refractivity contribution in [3.05, 3.63) is 42.4 Å². The summed E-state index contributed by atoms with van der Waals surface area (Å²) in [6, 6.07) is 5.64. The van der Waals surface area contributed by atoms with E-state index >= 15 is 0 Å².